The molecule has 1 amide bonds. The summed E-state index contributed by atoms with van der Waals surface area (Å²) in [6, 6.07) is 11.3. The maximum atomic E-state index is 12.8. The Balaban J connectivity index is 2.13. The van der Waals surface area contributed by atoms with E-state index in [0.29, 0.717) is 42.5 Å². The Labute approximate surface area is 181 Å². The third-order valence-corrected chi connectivity index (χ3v) is 6.07. The lowest BCUT2D eigenvalue weighted by Crippen LogP contribution is -2.24. The number of ether oxygens (including phenoxy) is 1. The minimum Gasteiger partial charge on any atom is -0.493 e. The molecule has 0 unspecified atom stereocenters. The van der Waals surface area contributed by atoms with Crippen molar-refractivity contribution in [1.29, 1.82) is 0 Å². The predicted molar refractivity (Wildman–Crippen MR) is 119 cm³/mol. The van der Waals surface area contributed by atoms with Gasteiger partial charge < -0.3 is 10.1 Å². The highest BCUT2D eigenvalue weighted by Crippen LogP contribution is 2.25. The second-order valence-electron chi connectivity index (χ2n) is 7.05. The SMILES string of the molecule is CCCNS(=O)(=O)c1ccc(NC(=O)c2cc(Br)ccc2OCCC(C)C)cc1. The summed E-state index contributed by atoms with van der Waals surface area (Å²) < 4.78 is 33.4. The number of anilines is 1. The number of benzene rings is 2. The lowest BCUT2D eigenvalue weighted by molar-refractivity contribution is 0.102. The van der Waals surface area contributed by atoms with Gasteiger partial charge in [-0.25, -0.2) is 13.1 Å². The molecule has 8 heteroatoms. The molecule has 2 rings (SSSR count). The van der Waals surface area contributed by atoms with Crippen LogP contribution >= 0.6 is 15.9 Å². The summed E-state index contributed by atoms with van der Waals surface area (Å²) in [6.45, 7) is 7.02. The van der Waals surface area contributed by atoms with Crippen molar-refractivity contribution in [2.45, 2.75) is 38.5 Å². The maximum Gasteiger partial charge on any atom is 0.259 e. The van der Waals surface area contributed by atoms with Crippen LogP contribution in [0.25, 0.3) is 0 Å². The van der Waals surface area contributed by atoms with E-state index < -0.39 is 10.0 Å². The van der Waals surface area contributed by atoms with E-state index in [1.165, 1.54) is 12.1 Å². The Bertz CT molecular complexity index is 928. The highest BCUT2D eigenvalue weighted by molar-refractivity contribution is 9.10. The van der Waals surface area contributed by atoms with Gasteiger partial charge in [0, 0.05) is 16.7 Å². The zero-order chi connectivity index (χ0) is 21.4. The zero-order valence-corrected chi connectivity index (χ0v) is 19.3. The van der Waals surface area contributed by atoms with Gasteiger partial charge in [0.1, 0.15) is 5.75 Å². The van der Waals surface area contributed by atoms with Crippen LogP contribution in [0.4, 0.5) is 5.69 Å². The summed E-state index contributed by atoms with van der Waals surface area (Å²) in [4.78, 5) is 12.9. The number of carbonyl (C=O) groups is 1. The molecule has 158 valence electrons. The maximum absolute atomic E-state index is 12.8. The van der Waals surface area contributed by atoms with Crippen LogP contribution in [0.1, 0.15) is 44.0 Å². The van der Waals surface area contributed by atoms with E-state index in [0.717, 1.165) is 10.9 Å². The van der Waals surface area contributed by atoms with Crippen molar-refractivity contribution in [3.8, 4) is 5.75 Å². The predicted octanol–water partition coefficient (Wildman–Crippen LogP) is 4.81. The molecule has 0 spiro atoms. The molecular formula is C21H27BrN2O4S. The molecule has 0 radical (unpaired) electrons. The van der Waals surface area contributed by atoms with Crippen molar-refractivity contribution in [1.82, 2.24) is 4.72 Å². The highest BCUT2D eigenvalue weighted by Gasteiger charge is 2.16. The molecule has 2 aromatic carbocycles. The Kier molecular flexibility index (Phi) is 8.67. The second-order valence-corrected chi connectivity index (χ2v) is 9.73. The van der Waals surface area contributed by atoms with E-state index in [4.69, 9.17) is 4.74 Å². The fourth-order valence-corrected chi connectivity index (χ4v) is 3.94. The third-order valence-electron chi connectivity index (χ3n) is 4.10. The van der Waals surface area contributed by atoms with Gasteiger partial charge in [-0.1, -0.05) is 36.7 Å². The topological polar surface area (TPSA) is 84.5 Å². The van der Waals surface area contributed by atoms with Gasteiger partial charge in [0.15, 0.2) is 0 Å². The average molecular weight is 483 g/mol. The Morgan fingerprint density at radius 2 is 1.83 bits per heavy atom. The van der Waals surface area contributed by atoms with Gasteiger partial charge in [0.2, 0.25) is 10.0 Å². The number of hydrogen-bond acceptors (Lipinski definition) is 4. The first-order valence-corrected chi connectivity index (χ1v) is 11.8. The minimum absolute atomic E-state index is 0.157. The Morgan fingerprint density at radius 3 is 2.45 bits per heavy atom. The smallest absolute Gasteiger partial charge is 0.259 e. The summed E-state index contributed by atoms with van der Waals surface area (Å²) >= 11 is 3.38. The summed E-state index contributed by atoms with van der Waals surface area (Å²) in [7, 11) is -3.54. The van der Waals surface area contributed by atoms with Crippen molar-refractivity contribution < 1.29 is 17.9 Å². The lowest BCUT2D eigenvalue weighted by Gasteiger charge is -2.13. The normalized spacial score (nSPS) is 11.5. The van der Waals surface area contributed by atoms with Crippen molar-refractivity contribution in [3.63, 3.8) is 0 Å². The number of sulfonamides is 1. The first-order chi connectivity index (χ1) is 13.7. The number of carbonyl (C=O) groups excluding carboxylic acids is 1. The Hall–Kier alpha value is -1.90. The van der Waals surface area contributed by atoms with Gasteiger partial charge in [-0.05, 0) is 61.2 Å². The van der Waals surface area contributed by atoms with Gasteiger partial charge in [-0.2, -0.15) is 0 Å². The Morgan fingerprint density at radius 1 is 1.14 bits per heavy atom. The van der Waals surface area contributed by atoms with Gasteiger partial charge in [0.05, 0.1) is 17.1 Å². The van der Waals surface area contributed by atoms with Crippen LogP contribution in [0, 0.1) is 5.92 Å². The van der Waals surface area contributed by atoms with Crippen LogP contribution in [0.15, 0.2) is 51.8 Å². The van der Waals surface area contributed by atoms with Crippen LogP contribution in [0.3, 0.4) is 0 Å². The summed E-state index contributed by atoms with van der Waals surface area (Å²) in [5.74, 6) is 0.684. The van der Waals surface area contributed by atoms with Crippen molar-refractivity contribution in [3.05, 3.63) is 52.5 Å². The summed E-state index contributed by atoms with van der Waals surface area (Å²) in [5.41, 5.74) is 0.905. The standard InChI is InChI=1S/C21H27BrN2O4S/c1-4-12-23-29(26,27)18-8-6-17(7-9-18)24-21(25)19-14-16(22)5-10-20(19)28-13-11-15(2)3/h5-10,14-15,23H,4,11-13H2,1-3H3,(H,24,25). The summed E-state index contributed by atoms with van der Waals surface area (Å²) in [5, 5.41) is 2.79. The van der Waals surface area contributed by atoms with E-state index in [2.05, 4.69) is 39.8 Å². The highest BCUT2D eigenvalue weighted by atomic mass is 79.9. The van der Waals surface area contributed by atoms with Crippen molar-refractivity contribution in [2.24, 2.45) is 5.92 Å². The number of nitrogens with one attached hydrogen (secondary N) is 2. The summed E-state index contributed by atoms with van der Waals surface area (Å²) in [6.07, 6.45) is 1.60. The first-order valence-electron chi connectivity index (χ1n) is 9.56. The van der Waals surface area contributed by atoms with Gasteiger partial charge in [-0.3, -0.25) is 4.79 Å². The fourth-order valence-electron chi connectivity index (χ4n) is 2.45. The van der Waals surface area contributed by atoms with E-state index in [9.17, 15) is 13.2 Å². The van der Waals surface area contributed by atoms with Gasteiger partial charge in [0.25, 0.3) is 5.91 Å². The molecule has 0 heterocycles. The van der Waals surface area contributed by atoms with Crippen molar-refractivity contribution in [2.75, 3.05) is 18.5 Å². The van der Waals surface area contributed by atoms with Crippen LogP contribution in [-0.2, 0) is 10.0 Å². The van der Waals surface area contributed by atoms with Crippen LogP contribution in [0.5, 0.6) is 5.75 Å². The molecule has 0 saturated heterocycles. The second kappa shape index (κ2) is 10.8. The molecular weight excluding hydrogens is 456 g/mol. The number of hydrogen-bond donors (Lipinski definition) is 2. The molecule has 0 fully saturated rings. The number of amides is 1. The molecule has 0 saturated carbocycles. The van der Waals surface area contributed by atoms with Crippen molar-refractivity contribution >= 4 is 37.5 Å². The molecule has 0 bridgehead atoms. The van der Waals surface area contributed by atoms with Gasteiger partial charge in [-0.15, -0.1) is 0 Å². The molecule has 0 aliphatic heterocycles. The van der Waals surface area contributed by atoms with Crippen LogP contribution < -0.4 is 14.8 Å². The third kappa shape index (κ3) is 7.13. The van der Waals surface area contributed by atoms with E-state index >= 15 is 0 Å². The van der Waals surface area contributed by atoms with E-state index in [1.54, 1.807) is 24.3 Å². The number of halogens is 1. The molecule has 0 aromatic heterocycles. The van der Waals surface area contributed by atoms with E-state index in [-0.39, 0.29) is 10.8 Å². The molecule has 0 aliphatic carbocycles. The molecule has 2 N–H and O–H groups in total. The molecule has 29 heavy (non-hydrogen) atoms. The quantitative estimate of drug-likeness (QED) is 0.508. The van der Waals surface area contributed by atoms with E-state index in [1.807, 2.05) is 13.0 Å². The van der Waals surface area contributed by atoms with Crippen LogP contribution in [-0.4, -0.2) is 27.5 Å². The molecule has 0 atom stereocenters. The largest absolute Gasteiger partial charge is 0.493 e. The molecule has 6 nitrogen and oxygen atoms in total. The first kappa shape index (κ1) is 23.4. The minimum atomic E-state index is -3.54. The molecule has 0 aliphatic rings. The number of rotatable bonds is 10. The van der Waals surface area contributed by atoms with Gasteiger partial charge >= 0.3 is 0 Å². The lowest BCUT2D eigenvalue weighted by atomic mass is 10.1. The molecule has 2 aromatic rings. The average Bonchev–Trinajstić information content (AvgIpc) is 2.67. The zero-order valence-electron chi connectivity index (χ0n) is 16.9. The fraction of sp³-hybridized carbons (Fsp3) is 0.381. The monoisotopic (exact) mass is 482 g/mol. The van der Waals surface area contributed by atoms with Crippen LogP contribution in [0.2, 0.25) is 0 Å².